The summed E-state index contributed by atoms with van der Waals surface area (Å²) in [5, 5.41) is 0. The quantitative estimate of drug-likeness (QED) is 0.142. The standard InChI is InChI=1S/C24H48O7/c1-3-5-7-9-10-12-24(25)31-23-22-30-21-20-29-19-18-28-17-16-27-15-14-26-13-11-8-6-4-2/h3-23H2,1-2H3. The van der Waals surface area contributed by atoms with Crippen LogP contribution in [0.3, 0.4) is 0 Å². The van der Waals surface area contributed by atoms with Crippen molar-refractivity contribution >= 4 is 5.97 Å². The zero-order valence-electron chi connectivity index (χ0n) is 20.2. The van der Waals surface area contributed by atoms with E-state index in [1.54, 1.807) is 0 Å². The van der Waals surface area contributed by atoms with Crippen LogP contribution in [0.2, 0.25) is 0 Å². The summed E-state index contributed by atoms with van der Waals surface area (Å²) in [4.78, 5) is 11.5. The van der Waals surface area contributed by atoms with Crippen molar-refractivity contribution in [1.29, 1.82) is 0 Å². The van der Waals surface area contributed by atoms with Gasteiger partial charge in [0.05, 0.1) is 59.5 Å². The third kappa shape index (κ3) is 27.2. The summed E-state index contributed by atoms with van der Waals surface area (Å²) >= 11 is 0. The van der Waals surface area contributed by atoms with Crippen molar-refractivity contribution in [2.45, 2.75) is 78.1 Å². The molecule has 0 amide bonds. The van der Waals surface area contributed by atoms with Gasteiger partial charge in [-0.15, -0.1) is 0 Å². The van der Waals surface area contributed by atoms with E-state index in [-0.39, 0.29) is 5.97 Å². The maximum Gasteiger partial charge on any atom is 0.305 e. The molecule has 7 heteroatoms. The first kappa shape index (κ1) is 30.3. The van der Waals surface area contributed by atoms with Gasteiger partial charge in [0.2, 0.25) is 0 Å². The van der Waals surface area contributed by atoms with Gasteiger partial charge in [0.1, 0.15) is 6.61 Å². The van der Waals surface area contributed by atoms with Crippen LogP contribution in [0.15, 0.2) is 0 Å². The summed E-state index contributed by atoms with van der Waals surface area (Å²) < 4.78 is 32.3. The molecule has 0 aliphatic carbocycles. The molecule has 7 nitrogen and oxygen atoms in total. The number of rotatable bonds is 26. The minimum Gasteiger partial charge on any atom is -0.463 e. The predicted molar refractivity (Wildman–Crippen MR) is 123 cm³/mol. The summed E-state index contributed by atoms with van der Waals surface area (Å²) in [6.07, 6.45) is 11.1. The minimum atomic E-state index is -0.132. The maximum atomic E-state index is 11.5. The van der Waals surface area contributed by atoms with E-state index in [1.165, 1.54) is 38.5 Å². The lowest BCUT2D eigenvalue weighted by atomic mass is 10.1. The van der Waals surface area contributed by atoms with Gasteiger partial charge in [0.25, 0.3) is 0 Å². The number of ether oxygens (including phenoxy) is 6. The van der Waals surface area contributed by atoms with Gasteiger partial charge in [-0.3, -0.25) is 4.79 Å². The Bertz CT molecular complexity index is 353. The molecular formula is C24H48O7. The lowest BCUT2D eigenvalue weighted by molar-refractivity contribution is -0.145. The molecule has 0 N–H and O–H groups in total. The Morgan fingerprint density at radius 2 is 0.839 bits per heavy atom. The van der Waals surface area contributed by atoms with E-state index >= 15 is 0 Å². The number of esters is 1. The Balaban J connectivity index is 3.08. The molecular weight excluding hydrogens is 400 g/mol. The molecule has 186 valence electrons. The van der Waals surface area contributed by atoms with E-state index in [0.29, 0.717) is 72.5 Å². The highest BCUT2D eigenvalue weighted by atomic mass is 16.6. The Morgan fingerprint density at radius 3 is 1.32 bits per heavy atom. The number of hydrogen-bond donors (Lipinski definition) is 0. The van der Waals surface area contributed by atoms with Gasteiger partial charge in [0, 0.05) is 13.0 Å². The van der Waals surface area contributed by atoms with Crippen LogP contribution >= 0.6 is 0 Å². The third-order valence-corrected chi connectivity index (χ3v) is 4.61. The van der Waals surface area contributed by atoms with Crippen molar-refractivity contribution in [3.8, 4) is 0 Å². The zero-order chi connectivity index (χ0) is 22.7. The van der Waals surface area contributed by atoms with Crippen molar-refractivity contribution in [2.24, 2.45) is 0 Å². The van der Waals surface area contributed by atoms with Crippen molar-refractivity contribution in [2.75, 3.05) is 72.7 Å². The predicted octanol–water partition coefficient (Wildman–Crippen LogP) is 4.55. The first-order chi connectivity index (χ1) is 15.3. The molecule has 0 aliphatic heterocycles. The summed E-state index contributed by atoms with van der Waals surface area (Å²) in [6, 6.07) is 0. The van der Waals surface area contributed by atoms with Gasteiger partial charge >= 0.3 is 5.97 Å². The largest absolute Gasteiger partial charge is 0.463 e. The number of hydrogen-bond acceptors (Lipinski definition) is 7. The van der Waals surface area contributed by atoms with E-state index in [2.05, 4.69) is 13.8 Å². The fourth-order valence-electron chi connectivity index (χ4n) is 2.77. The van der Waals surface area contributed by atoms with Crippen LogP contribution in [0.4, 0.5) is 0 Å². The highest BCUT2D eigenvalue weighted by Crippen LogP contribution is 2.05. The molecule has 0 aromatic heterocycles. The lowest BCUT2D eigenvalue weighted by Gasteiger charge is -2.08. The molecule has 0 bridgehead atoms. The van der Waals surface area contributed by atoms with Gasteiger partial charge in [0.15, 0.2) is 0 Å². The fraction of sp³-hybridized carbons (Fsp3) is 0.958. The van der Waals surface area contributed by atoms with Gasteiger partial charge in [-0.25, -0.2) is 0 Å². The first-order valence-corrected chi connectivity index (χ1v) is 12.4. The third-order valence-electron chi connectivity index (χ3n) is 4.61. The average Bonchev–Trinajstić information content (AvgIpc) is 2.77. The summed E-state index contributed by atoms with van der Waals surface area (Å²) in [5.74, 6) is -0.132. The monoisotopic (exact) mass is 448 g/mol. The second-order valence-corrected chi connectivity index (χ2v) is 7.51. The van der Waals surface area contributed by atoms with E-state index in [4.69, 9.17) is 28.4 Å². The summed E-state index contributed by atoms with van der Waals surface area (Å²) in [5.41, 5.74) is 0. The van der Waals surface area contributed by atoms with Crippen LogP contribution < -0.4 is 0 Å². The number of unbranched alkanes of at least 4 members (excludes halogenated alkanes) is 7. The second kappa shape index (κ2) is 27.3. The van der Waals surface area contributed by atoms with E-state index in [1.807, 2.05) is 0 Å². The SMILES string of the molecule is CCCCCCCC(=O)OCCOCCOCCOCCOCCOCCCCCC. The van der Waals surface area contributed by atoms with Crippen molar-refractivity contribution in [1.82, 2.24) is 0 Å². The Kier molecular flexibility index (Phi) is 26.7. The fourth-order valence-corrected chi connectivity index (χ4v) is 2.77. The Labute approximate surface area is 190 Å². The van der Waals surface area contributed by atoms with Crippen LogP contribution in [0.25, 0.3) is 0 Å². The zero-order valence-corrected chi connectivity index (χ0v) is 20.2. The van der Waals surface area contributed by atoms with Gasteiger partial charge in [-0.1, -0.05) is 58.8 Å². The first-order valence-electron chi connectivity index (χ1n) is 12.4. The minimum absolute atomic E-state index is 0.132. The van der Waals surface area contributed by atoms with E-state index in [9.17, 15) is 4.79 Å². The van der Waals surface area contributed by atoms with Crippen LogP contribution in [0.1, 0.15) is 78.1 Å². The molecule has 0 spiro atoms. The molecule has 0 saturated heterocycles. The van der Waals surface area contributed by atoms with Gasteiger partial charge in [-0.05, 0) is 12.8 Å². The Hall–Kier alpha value is -0.730. The van der Waals surface area contributed by atoms with Crippen molar-refractivity contribution in [3.05, 3.63) is 0 Å². The topological polar surface area (TPSA) is 72.5 Å². The highest BCUT2D eigenvalue weighted by Gasteiger charge is 2.02. The smallest absolute Gasteiger partial charge is 0.305 e. The molecule has 31 heavy (non-hydrogen) atoms. The molecule has 0 unspecified atom stereocenters. The average molecular weight is 449 g/mol. The van der Waals surface area contributed by atoms with Gasteiger partial charge < -0.3 is 28.4 Å². The molecule has 0 heterocycles. The molecule has 0 atom stereocenters. The molecule has 0 aliphatic rings. The van der Waals surface area contributed by atoms with Crippen molar-refractivity contribution in [3.63, 3.8) is 0 Å². The van der Waals surface area contributed by atoms with Crippen LogP contribution in [-0.2, 0) is 33.2 Å². The number of carbonyl (C=O) groups is 1. The number of carbonyl (C=O) groups excluding carboxylic acids is 1. The molecule has 0 rings (SSSR count). The van der Waals surface area contributed by atoms with Crippen LogP contribution in [-0.4, -0.2) is 78.6 Å². The molecule has 0 aromatic rings. The van der Waals surface area contributed by atoms with Gasteiger partial charge in [-0.2, -0.15) is 0 Å². The van der Waals surface area contributed by atoms with Crippen molar-refractivity contribution < 1.29 is 33.2 Å². The summed E-state index contributed by atoms with van der Waals surface area (Å²) in [7, 11) is 0. The molecule has 0 fully saturated rings. The van der Waals surface area contributed by atoms with E-state index in [0.717, 1.165) is 25.9 Å². The highest BCUT2D eigenvalue weighted by molar-refractivity contribution is 5.69. The normalized spacial score (nSPS) is 11.2. The van der Waals surface area contributed by atoms with Crippen LogP contribution in [0.5, 0.6) is 0 Å². The summed E-state index contributed by atoms with van der Waals surface area (Å²) in [6.45, 7) is 10.3. The lowest BCUT2D eigenvalue weighted by Crippen LogP contribution is -2.15. The molecule has 0 aromatic carbocycles. The molecule has 0 saturated carbocycles. The molecule has 0 radical (unpaired) electrons. The Morgan fingerprint density at radius 1 is 0.452 bits per heavy atom. The maximum absolute atomic E-state index is 11.5. The second-order valence-electron chi connectivity index (χ2n) is 7.51. The van der Waals surface area contributed by atoms with E-state index < -0.39 is 0 Å². The van der Waals surface area contributed by atoms with Crippen LogP contribution in [0, 0.1) is 0 Å².